The number of ether oxygens (including phenoxy) is 1. The molecule has 0 spiro atoms. The van der Waals surface area contributed by atoms with Crippen molar-refractivity contribution in [1.29, 1.82) is 0 Å². The summed E-state index contributed by atoms with van der Waals surface area (Å²) < 4.78 is 44.8. The van der Waals surface area contributed by atoms with E-state index in [1.807, 2.05) is 6.07 Å². The van der Waals surface area contributed by atoms with E-state index in [1.165, 1.54) is 6.07 Å². The normalized spacial score (nSPS) is 11.5. The van der Waals surface area contributed by atoms with Crippen molar-refractivity contribution in [2.75, 3.05) is 0 Å². The Morgan fingerprint density at radius 1 is 0.812 bits per heavy atom. The first-order valence-electron chi connectivity index (χ1n) is 9.63. The number of benzene rings is 3. The van der Waals surface area contributed by atoms with E-state index in [0.29, 0.717) is 17.0 Å². The molecule has 0 bridgehead atoms. The number of ketones is 1. The number of fused-ring (bicyclic) bond motifs is 1. The van der Waals surface area contributed by atoms with Crippen LogP contribution >= 0.6 is 11.6 Å². The zero-order chi connectivity index (χ0) is 22.7. The molecule has 1 aromatic heterocycles. The summed E-state index contributed by atoms with van der Waals surface area (Å²) in [7, 11) is 0. The van der Waals surface area contributed by atoms with Gasteiger partial charge in [-0.25, -0.2) is 0 Å². The summed E-state index contributed by atoms with van der Waals surface area (Å²) in [4.78, 5) is 20.8. The molecule has 0 unspecified atom stereocenters. The highest BCUT2D eigenvalue weighted by Crippen LogP contribution is 2.35. The molecule has 32 heavy (non-hydrogen) atoms. The van der Waals surface area contributed by atoms with Gasteiger partial charge in [-0.2, -0.15) is 13.2 Å². The van der Waals surface area contributed by atoms with Gasteiger partial charge in [-0.15, -0.1) is 0 Å². The Balaban J connectivity index is 1.39. The van der Waals surface area contributed by atoms with Gasteiger partial charge in [0.25, 0.3) is 0 Å². The number of Topliss-reactive ketones (excluding diaryl/α,β-unsaturated/α-hetero) is 1. The highest BCUT2D eigenvalue weighted by molar-refractivity contribution is 6.31. The second-order valence-electron chi connectivity index (χ2n) is 7.16. The lowest BCUT2D eigenvalue weighted by Crippen LogP contribution is -2.10. The second kappa shape index (κ2) is 8.96. The van der Waals surface area contributed by atoms with Gasteiger partial charge < -0.3 is 4.74 Å². The number of carbonyl (C=O) groups is 1. The van der Waals surface area contributed by atoms with E-state index >= 15 is 0 Å². The molecule has 0 aliphatic heterocycles. The fourth-order valence-electron chi connectivity index (χ4n) is 3.24. The third-order valence-corrected chi connectivity index (χ3v) is 5.07. The largest absolute Gasteiger partial charge is 0.457 e. The minimum absolute atomic E-state index is 0.0931. The Kier molecular flexibility index (Phi) is 6.10. The fraction of sp³-hybridized carbons (Fsp3) is 0.125. The Morgan fingerprint density at radius 2 is 1.44 bits per heavy atom. The third-order valence-electron chi connectivity index (χ3n) is 4.74. The molecule has 0 saturated carbocycles. The lowest BCUT2D eigenvalue weighted by molar-refractivity contribution is -0.137. The maximum atomic E-state index is 13.0. The molecule has 162 valence electrons. The first-order chi connectivity index (χ1) is 15.3. The van der Waals surface area contributed by atoms with Crippen LogP contribution in [0.5, 0.6) is 11.5 Å². The standard InChI is InChI=1S/C24H16ClF3N2O2/c25-21-7-3-16(13-20(21)24(26,27)28)12-17(31)11-15-1-4-18(5-2-15)32-19-6-8-22-23(14-19)30-10-9-29-22/h1-10,13-14H,11-12H2. The van der Waals surface area contributed by atoms with Gasteiger partial charge >= 0.3 is 6.18 Å². The Hall–Kier alpha value is -3.45. The molecule has 4 nitrogen and oxygen atoms in total. The zero-order valence-corrected chi connectivity index (χ0v) is 17.3. The number of aromatic nitrogens is 2. The van der Waals surface area contributed by atoms with Crippen molar-refractivity contribution in [2.45, 2.75) is 19.0 Å². The summed E-state index contributed by atoms with van der Waals surface area (Å²) in [5, 5.41) is -0.386. The molecule has 4 rings (SSSR count). The van der Waals surface area contributed by atoms with Gasteiger partial charge in [0, 0.05) is 31.3 Å². The molecule has 0 aliphatic carbocycles. The van der Waals surface area contributed by atoms with Crippen LogP contribution in [-0.2, 0) is 23.8 Å². The quantitative estimate of drug-likeness (QED) is 0.334. The molecule has 3 aromatic carbocycles. The van der Waals surface area contributed by atoms with Gasteiger partial charge in [0.15, 0.2) is 0 Å². The molecular weight excluding hydrogens is 441 g/mol. The monoisotopic (exact) mass is 456 g/mol. The van der Waals surface area contributed by atoms with Crippen LogP contribution < -0.4 is 4.74 Å². The van der Waals surface area contributed by atoms with Crippen molar-refractivity contribution in [2.24, 2.45) is 0 Å². The van der Waals surface area contributed by atoms with E-state index in [9.17, 15) is 18.0 Å². The number of hydrogen-bond donors (Lipinski definition) is 0. The smallest absolute Gasteiger partial charge is 0.417 e. The van der Waals surface area contributed by atoms with Gasteiger partial charge in [0.05, 0.1) is 21.6 Å². The van der Waals surface area contributed by atoms with Crippen LogP contribution in [0.15, 0.2) is 73.1 Å². The van der Waals surface area contributed by atoms with Crippen molar-refractivity contribution in [3.05, 3.63) is 94.8 Å². The molecule has 0 radical (unpaired) electrons. The molecule has 4 aromatic rings. The molecule has 8 heteroatoms. The number of rotatable bonds is 6. The molecule has 0 fully saturated rings. The first-order valence-corrected chi connectivity index (χ1v) is 10.0. The van der Waals surface area contributed by atoms with Crippen molar-refractivity contribution in [3.63, 3.8) is 0 Å². The molecule has 0 aliphatic rings. The molecule has 0 amide bonds. The van der Waals surface area contributed by atoms with Crippen LogP contribution in [0.25, 0.3) is 11.0 Å². The number of carbonyl (C=O) groups excluding carboxylic acids is 1. The fourth-order valence-corrected chi connectivity index (χ4v) is 3.46. The molecular formula is C24H16ClF3N2O2. The van der Waals surface area contributed by atoms with Crippen LogP contribution in [0.4, 0.5) is 13.2 Å². The zero-order valence-electron chi connectivity index (χ0n) is 16.6. The summed E-state index contributed by atoms with van der Waals surface area (Å²) in [5.74, 6) is 0.976. The average Bonchev–Trinajstić information content (AvgIpc) is 2.75. The van der Waals surface area contributed by atoms with Crippen molar-refractivity contribution in [3.8, 4) is 11.5 Å². The van der Waals surface area contributed by atoms with Crippen LogP contribution in [0, 0.1) is 0 Å². The van der Waals surface area contributed by atoms with Crippen molar-refractivity contribution >= 4 is 28.4 Å². The van der Waals surface area contributed by atoms with Gasteiger partial charge in [-0.1, -0.05) is 29.8 Å². The predicted molar refractivity (Wildman–Crippen MR) is 115 cm³/mol. The van der Waals surface area contributed by atoms with Crippen LogP contribution in [-0.4, -0.2) is 15.8 Å². The van der Waals surface area contributed by atoms with Crippen LogP contribution in [0.3, 0.4) is 0 Å². The van der Waals surface area contributed by atoms with E-state index in [1.54, 1.807) is 48.8 Å². The summed E-state index contributed by atoms with van der Waals surface area (Å²) >= 11 is 5.63. The maximum absolute atomic E-state index is 13.0. The third kappa shape index (κ3) is 5.23. The number of nitrogens with zero attached hydrogens (tertiary/aromatic N) is 2. The molecule has 1 heterocycles. The number of halogens is 4. The van der Waals surface area contributed by atoms with Crippen molar-refractivity contribution < 1.29 is 22.7 Å². The Morgan fingerprint density at radius 3 is 2.16 bits per heavy atom. The first kappa shape index (κ1) is 21.8. The summed E-state index contributed by atoms with van der Waals surface area (Å²) in [6.45, 7) is 0. The van der Waals surface area contributed by atoms with Gasteiger partial charge in [-0.05, 0) is 47.5 Å². The van der Waals surface area contributed by atoms with Crippen LogP contribution in [0.1, 0.15) is 16.7 Å². The van der Waals surface area contributed by atoms with E-state index in [-0.39, 0.29) is 29.2 Å². The second-order valence-corrected chi connectivity index (χ2v) is 7.56. The molecule has 0 saturated heterocycles. The van der Waals surface area contributed by atoms with Crippen LogP contribution in [0.2, 0.25) is 5.02 Å². The minimum Gasteiger partial charge on any atom is -0.457 e. The Labute approximate surface area is 186 Å². The summed E-state index contributed by atoms with van der Waals surface area (Å²) in [6.07, 6.45) is -1.37. The summed E-state index contributed by atoms with van der Waals surface area (Å²) in [5.41, 5.74) is 1.54. The lowest BCUT2D eigenvalue weighted by atomic mass is 10.0. The Bertz CT molecular complexity index is 1270. The highest BCUT2D eigenvalue weighted by Gasteiger charge is 2.33. The number of hydrogen-bond acceptors (Lipinski definition) is 4. The predicted octanol–water partition coefficient (Wildman–Crippen LogP) is 6.45. The average molecular weight is 457 g/mol. The molecule has 0 N–H and O–H groups in total. The lowest BCUT2D eigenvalue weighted by Gasteiger charge is -2.11. The van der Waals surface area contributed by atoms with Gasteiger partial charge in [0.2, 0.25) is 0 Å². The highest BCUT2D eigenvalue weighted by atomic mass is 35.5. The maximum Gasteiger partial charge on any atom is 0.417 e. The van der Waals surface area contributed by atoms with E-state index in [0.717, 1.165) is 23.2 Å². The van der Waals surface area contributed by atoms with E-state index < -0.39 is 11.7 Å². The van der Waals surface area contributed by atoms with Gasteiger partial charge in [0.1, 0.15) is 17.3 Å². The minimum atomic E-state index is -4.57. The van der Waals surface area contributed by atoms with E-state index in [4.69, 9.17) is 16.3 Å². The SMILES string of the molecule is O=C(Cc1ccc(Oc2ccc3nccnc3c2)cc1)Cc1ccc(Cl)c(C(F)(F)F)c1. The topological polar surface area (TPSA) is 52.1 Å². The molecule has 0 atom stereocenters. The van der Waals surface area contributed by atoms with E-state index in [2.05, 4.69) is 9.97 Å². The van der Waals surface area contributed by atoms with Crippen molar-refractivity contribution in [1.82, 2.24) is 9.97 Å². The summed E-state index contributed by atoms with van der Waals surface area (Å²) in [6, 6.07) is 15.8. The van der Waals surface area contributed by atoms with Gasteiger partial charge in [-0.3, -0.25) is 14.8 Å². The number of alkyl halides is 3.